The van der Waals surface area contributed by atoms with Crippen LogP contribution in [0.25, 0.3) is 0 Å². The normalized spacial score (nSPS) is 23.3. The van der Waals surface area contributed by atoms with Gasteiger partial charge >= 0.3 is 0 Å². The second kappa shape index (κ2) is 6.43. The van der Waals surface area contributed by atoms with Crippen molar-refractivity contribution in [2.45, 2.75) is 32.1 Å². The lowest BCUT2D eigenvalue weighted by atomic mass is 10.1. The van der Waals surface area contributed by atoms with Gasteiger partial charge in [-0.3, -0.25) is 0 Å². The Balaban J connectivity index is 2.03. The number of hydrogen-bond donors (Lipinski definition) is 0. The summed E-state index contributed by atoms with van der Waals surface area (Å²) in [6.45, 7) is 5.27. The first-order valence-electron chi connectivity index (χ1n) is 6.93. The predicted molar refractivity (Wildman–Crippen MR) is 78.4 cm³/mol. The molecule has 8 heteroatoms. The Morgan fingerprint density at radius 3 is 2.86 bits per heavy atom. The second-order valence-corrected chi connectivity index (χ2v) is 7.95. The van der Waals surface area contributed by atoms with Gasteiger partial charge in [-0.2, -0.15) is 4.31 Å². The van der Waals surface area contributed by atoms with Gasteiger partial charge in [-0.1, -0.05) is 0 Å². The molecule has 21 heavy (non-hydrogen) atoms. The molecule has 0 aliphatic carbocycles. The number of imidazole rings is 1. The first-order chi connectivity index (χ1) is 9.82. The summed E-state index contributed by atoms with van der Waals surface area (Å²) in [4.78, 5) is 3.91. The van der Waals surface area contributed by atoms with Crippen molar-refractivity contribution in [3.63, 3.8) is 0 Å². The number of methoxy groups -OCH3 is 1. The molecule has 1 unspecified atom stereocenters. The molecule has 0 amide bonds. The summed E-state index contributed by atoms with van der Waals surface area (Å²) >= 11 is 0. The van der Waals surface area contributed by atoms with Gasteiger partial charge < -0.3 is 14.0 Å². The number of nitrogens with zero attached hydrogens (tertiary/aromatic N) is 3. The van der Waals surface area contributed by atoms with E-state index in [4.69, 9.17) is 9.47 Å². The van der Waals surface area contributed by atoms with E-state index in [-0.39, 0.29) is 11.9 Å². The molecule has 0 radical (unpaired) electrons. The van der Waals surface area contributed by atoms with Gasteiger partial charge in [-0.25, -0.2) is 13.4 Å². The van der Waals surface area contributed by atoms with Gasteiger partial charge in [0.2, 0.25) is 10.0 Å². The van der Waals surface area contributed by atoms with E-state index in [0.29, 0.717) is 26.2 Å². The number of rotatable bonds is 6. The summed E-state index contributed by atoms with van der Waals surface area (Å²) in [5, 5.41) is 0. The van der Waals surface area contributed by atoms with E-state index in [1.165, 1.54) is 4.31 Å². The Morgan fingerprint density at radius 2 is 2.24 bits per heavy atom. The highest BCUT2D eigenvalue weighted by molar-refractivity contribution is 7.89. The number of morpholine rings is 1. The Bertz CT molecular complexity index is 542. The first kappa shape index (κ1) is 16.4. The molecule has 0 bridgehead atoms. The maximum absolute atomic E-state index is 12.5. The number of aryl methyl sites for hydroxylation is 1. The van der Waals surface area contributed by atoms with Crippen molar-refractivity contribution in [3.05, 3.63) is 18.7 Å². The van der Waals surface area contributed by atoms with Crippen LogP contribution < -0.4 is 0 Å². The molecule has 2 heterocycles. The van der Waals surface area contributed by atoms with E-state index in [9.17, 15) is 8.42 Å². The van der Waals surface area contributed by atoms with Crippen LogP contribution >= 0.6 is 0 Å². The fourth-order valence-corrected chi connectivity index (χ4v) is 4.10. The monoisotopic (exact) mass is 317 g/mol. The average Bonchev–Trinajstić information content (AvgIpc) is 2.88. The van der Waals surface area contributed by atoms with Crippen LogP contribution in [0.15, 0.2) is 18.7 Å². The van der Waals surface area contributed by atoms with Crippen LogP contribution in [0.4, 0.5) is 0 Å². The summed E-state index contributed by atoms with van der Waals surface area (Å²) in [6.07, 6.45) is 4.78. The molecule has 2 rings (SSSR count). The van der Waals surface area contributed by atoms with Crippen molar-refractivity contribution in [2.75, 3.05) is 32.6 Å². The van der Waals surface area contributed by atoms with Crippen molar-refractivity contribution >= 4 is 10.0 Å². The van der Waals surface area contributed by atoms with Crippen LogP contribution in [0.3, 0.4) is 0 Å². The minimum atomic E-state index is -3.33. The molecule has 1 saturated heterocycles. The van der Waals surface area contributed by atoms with Gasteiger partial charge in [0.05, 0.1) is 30.4 Å². The average molecular weight is 317 g/mol. The van der Waals surface area contributed by atoms with Crippen LogP contribution in [0.2, 0.25) is 0 Å². The van der Waals surface area contributed by atoms with E-state index in [1.54, 1.807) is 30.4 Å². The molecule has 1 fully saturated rings. The lowest BCUT2D eigenvalue weighted by Crippen LogP contribution is -2.56. The molecule has 0 saturated carbocycles. The zero-order valence-electron chi connectivity index (χ0n) is 12.7. The third-order valence-corrected chi connectivity index (χ3v) is 5.13. The quantitative estimate of drug-likeness (QED) is 0.756. The fraction of sp³-hybridized carbons (Fsp3) is 0.769. The van der Waals surface area contributed by atoms with E-state index in [2.05, 4.69) is 4.98 Å². The van der Waals surface area contributed by atoms with Gasteiger partial charge in [-0.15, -0.1) is 0 Å². The van der Waals surface area contributed by atoms with Crippen LogP contribution in [-0.4, -0.2) is 66.5 Å². The first-order valence-corrected chi connectivity index (χ1v) is 8.54. The standard InChI is InChI=1S/C13H23N3O4S/c1-13(2)10-16(8-12(20-13)9-19-3)21(17,18)7-6-15-5-4-14-11-15/h4-5,11-12H,6-10H2,1-3H3. The molecule has 0 aromatic carbocycles. The van der Waals surface area contributed by atoms with Crippen molar-refractivity contribution in [3.8, 4) is 0 Å². The lowest BCUT2D eigenvalue weighted by Gasteiger charge is -2.41. The summed E-state index contributed by atoms with van der Waals surface area (Å²) in [5.41, 5.74) is -0.510. The zero-order chi connectivity index (χ0) is 15.5. The van der Waals surface area contributed by atoms with E-state index < -0.39 is 15.6 Å². The summed E-state index contributed by atoms with van der Waals surface area (Å²) < 4.78 is 39.2. The van der Waals surface area contributed by atoms with Crippen LogP contribution in [0, 0.1) is 0 Å². The van der Waals surface area contributed by atoms with Crippen molar-refractivity contribution in [1.29, 1.82) is 0 Å². The number of ether oxygens (including phenoxy) is 2. The highest BCUT2D eigenvalue weighted by Gasteiger charge is 2.38. The molecular formula is C13H23N3O4S. The molecule has 1 atom stereocenters. The molecule has 1 aliphatic rings. The smallest absolute Gasteiger partial charge is 0.216 e. The zero-order valence-corrected chi connectivity index (χ0v) is 13.5. The minimum Gasteiger partial charge on any atom is -0.382 e. The molecule has 0 N–H and O–H groups in total. The molecule has 1 aromatic rings. The Hall–Kier alpha value is -0.960. The van der Waals surface area contributed by atoms with Crippen LogP contribution in [-0.2, 0) is 26.0 Å². The third kappa shape index (κ3) is 4.50. The number of sulfonamides is 1. The molecule has 0 spiro atoms. The number of aromatic nitrogens is 2. The highest BCUT2D eigenvalue weighted by Crippen LogP contribution is 2.23. The Labute approximate surface area is 125 Å². The SMILES string of the molecule is COCC1CN(S(=O)(=O)CCn2ccnc2)CC(C)(C)O1. The second-order valence-electron chi connectivity index (χ2n) is 5.86. The molecule has 1 aliphatic heterocycles. The van der Waals surface area contributed by atoms with Crippen LogP contribution in [0.5, 0.6) is 0 Å². The molecule has 1 aromatic heterocycles. The maximum Gasteiger partial charge on any atom is 0.216 e. The maximum atomic E-state index is 12.5. The largest absolute Gasteiger partial charge is 0.382 e. The summed E-state index contributed by atoms with van der Waals surface area (Å²) in [7, 11) is -1.75. The fourth-order valence-electron chi connectivity index (χ4n) is 2.50. The minimum absolute atomic E-state index is 0.0547. The van der Waals surface area contributed by atoms with E-state index in [1.807, 2.05) is 13.8 Å². The van der Waals surface area contributed by atoms with Gasteiger partial charge in [0.15, 0.2) is 0 Å². The summed E-state index contributed by atoms with van der Waals surface area (Å²) in [6, 6.07) is 0. The predicted octanol–water partition coefficient (Wildman–Crippen LogP) is 0.339. The van der Waals surface area contributed by atoms with Gasteiger partial charge in [-0.05, 0) is 13.8 Å². The summed E-state index contributed by atoms with van der Waals surface area (Å²) in [5.74, 6) is 0.0547. The molecule has 7 nitrogen and oxygen atoms in total. The van der Waals surface area contributed by atoms with E-state index >= 15 is 0 Å². The Kier molecular flexibility index (Phi) is 5.03. The number of hydrogen-bond acceptors (Lipinski definition) is 5. The van der Waals surface area contributed by atoms with Crippen molar-refractivity contribution in [1.82, 2.24) is 13.9 Å². The topological polar surface area (TPSA) is 73.7 Å². The third-order valence-electron chi connectivity index (χ3n) is 3.36. The highest BCUT2D eigenvalue weighted by atomic mass is 32.2. The van der Waals surface area contributed by atoms with Gasteiger partial charge in [0.25, 0.3) is 0 Å². The van der Waals surface area contributed by atoms with Crippen molar-refractivity contribution in [2.24, 2.45) is 0 Å². The molecule has 120 valence electrons. The lowest BCUT2D eigenvalue weighted by molar-refractivity contribution is -0.135. The molecular weight excluding hydrogens is 294 g/mol. The van der Waals surface area contributed by atoms with E-state index in [0.717, 1.165) is 0 Å². The van der Waals surface area contributed by atoms with Crippen molar-refractivity contribution < 1.29 is 17.9 Å². The van der Waals surface area contributed by atoms with Gasteiger partial charge in [0.1, 0.15) is 0 Å². The van der Waals surface area contributed by atoms with Crippen LogP contribution in [0.1, 0.15) is 13.8 Å². The Morgan fingerprint density at radius 1 is 1.48 bits per heavy atom. The van der Waals surface area contributed by atoms with Gasteiger partial charge in [0, 0.05) is 39.1 Å².